The quantitative estimate of drug-likeness (QED) is 0.219. The molecule has 2 rings (SSSR count). The lowest BCUT2D eigenvalue weighted by Gasteiger charge is -2.21. The standard InChI is InChI=1S/C17H32N4O2.HI/c1-14-12-21(13-15(14)16(22)23-3)17(18-2)19-8-4-5-9-20-10-6-7-11-20;/h14-15H,4-13H2,1-3H3,(H,18,19);1H. The Morgan fingerprint density at radius 1 is 1.25 bits per heavy atom. The van der Waals surface area contributed by atoms with Gasteiger partial charge in [0.25, 0.3) is 0 Å². The number of ether oxygens (including phenoxy) is 1. The first-order valence-electron chi connectivity index (χ1n) is 8.91. The maximum absolute atomic E-state index is 11.8. The fraction of sp³-hybridized carbons (Fsp3) is 0.882. The largest absolute Gasteiger partial charge is 0.469 e. The highest BCUT2D eigenvalue weighted by atomic mass is 127. The summed E-state index contributed by atoms with van der Waals surface area (Å²) in [6.07, 6.45) is 5.10. The Labute approximate surface area is 163 Å². The van der Waals surface area contributed by atoms with Gasteiger partial charge < -0.3 is 19.9 Å². The highest BCUT2D eigenvalue weighted by molar-refractivity contribution is 14.0. The second-order valence-corrected chi connectivity index (χ2v) is 6.74. The van der Waals surface area contributed by atoms with Gasteiger partial charge in [-0.05, 0) is 51.2 Å². The number of aliphatic imine (C=N–C) groups is 1. The van der Waals surface area contributed by atoms with Crippen LogP contribution in [0.3, 0.4) is 0 Å². The lowest BCUT2D eigenvalue weighted by molar-refractivity contribution is -0.145. The second-order valence-electron chi connectivity index (χ2n) is 6.74. The van der Waals surface area contributed by atoms with E-state index in [0.29, 0.717) is 12.5 Å². The first-order valence-corrected chi connectivity index (χ1v) is 8.91. The Balaban J connectivity index is 0.00000288. The Morgan fingerprint density at radius 3 is 2.58 bits per heavy atom. The number of guanidine groups is 1. The fourth-order valence-electron chi connectivity index (χ4n) is 3.60. The summed E-state index contributed by atoms with van der Waals surface area (Å²) in [6.45, 7) is 8.35. The number of hydrogen-bond acceptors (Lipinski definition) is 4. The Hall–Kier alpha value is -0.570. The lowest BCUT2D eigenvalue weighted by Crippen LogP contribution is -2.41. The molecule has 2 atom stereocenters. The Bertz CT molecular complexity index is 413. The lowest BCUT2D eigenvalue weighted by atomic mass is 9.99. The van der Waals surface area contributed by atoms with E-state index in [1.54, 1.807) is 0 Å². The summed E-state index contributed by atoms with van der Waals surface area (Å²) in [7, 11) is 3.27. The molecule has 0 radical (unpaired) electrons. The summed E-state index contributed by atoms with van der Waals surface area (Å²) in [5.74, 6) is 1.05. The topological polar surface area (TPSA) is 57.2 Å². The van der Waals surface area contributed by atoms with Crippen molar-refractivity contribution >= 4 is 35.9 Å². The zero-order chi connectivity index (χ0) is 16.7. The van der Waals surface area contributed by atoms with Crippen LogP contribution in [0.5, 0.6) is 0 Å². The minimum Gasteiger partial charge on any atom is -0.469 e. The number of nitrogens with zero attached hydrogens (tertiary/aromatic N) is 3. The van der Waals surface area contributed by atoms with Crippen LogP contribution in [0.1, 0.15) is 32.6 Å². The average Bonchev–Trinajstić information content (AvgIpc) is 3.20. The second kappa shape index (κ2) is 11.1. The molecule has 0 spiro atoms. The number of carbonyl (C=O) groups excluding carboxylic acids is 1. The number of methoxy groups -OCH3 is 1. The van der Waals surface area contributed by atoms with E-state index >= 15 is 0 Å². The molecule has 2 heterocycles. The fourth-order valence-corrected chi connectivity index (χ4v) is 3.60. The van der Waals surface area contributed by atoms with E-state index in [1.165, 1.54) is 46.0 Å². The zero-order valence-electron chi connectivity index (χ0n) is 15.3. The maximum Gasteiger partial charge on any atom is 0.310 e. The number of hydrogen-bond donors (Lipinski definition) is 1. The van der Waals surface area contributed by atoms with Crippen molar-refractivity contribution in [2.75, 3.05) is 53.4 Å². The van der Waals surface area contributed by atoms with Crippen molar-refractivity contribution in [2.45, 2.75) is 32.6 Å². The van der Waals surface area contributed by atoms with E-state index < -0.39 is 0 Å². The third-order valence-electron chi connectivity index (χ3n) is 5.01. The number of carbonyl (C=O) groups is 1. The van der Waals surface area contributed by atoms with E-state index in [9.17, 15) is 4.79 Å². The molecule has 24 heavy (non-hydrogen) atoms. The van der Waals surface area contributed by atoms with E-state index in [2.05, 4.69) is 27.0 Å². The van der Waals surface area contributed by atoms with Crippen molar-refractivity contribution in [1.82, 2.24) is 15.1 Å². The van der Waals surface area contributed by atoms with Gasteiger partial charge in [-0.2, -0.15) is 0 Å². The molecule has 0 aromatic carbocycles. The van der Waals surface area contributed by atoms with E-state index in [0.717, 1.165) is 25.5 Å². The van der Waals surface area contributed by atoms with Crippen LogP contribution in [0.25, 0.3) is 0 Å². The van der Waals surface area contributed by atoms with Crippen molar-refractivity contribution < 1.29 is 9.53 Å². The first kappa shape index (κ1) is 21.5. The third kappa shape index (κ3) is 6.06. The minimum absolute atomic E-state index is 0. The highest BCUT2D eigenvalue weighted by Gasteiger charge is 2.36. The molecule has 2 saturated heterocycles. The maximum atomic E-state index is 11.8. The molecule has 6 nitrogen and oxygen atoms in total. The molecule has 0 amide bonds. The molecule has 0 aromatic heterocycles. The summed E-state index contributed by atoms with van der Waals surface area (Å²) in [4.78, 5) is 20.9. The molecule has 2 aliphatic heterocycles. The Kier molecular flexibility index (Phi) is 9.95. The number of likely N-dealkylation sites (tertiary alicyclic amines) is 2. The molecule has 2 aliphatic rings. The van der Waals surface area contributed by atoms with Crippen LogP contribution in [0.4, 0.5) is 0 Å². The van der Waals surface area contributed by atoms with Crippen LogP contribution in [-0.4, -0.2) is 75.2 Å². The van der Waals surface area contributed by atoms with Gasteiger partial charge in [0.1, 0.15) is 0 Å². The average molecular weight is 452 g/mol. The van der Waals surface area contributed by atoms with Crippen molar-refractivity contribution in [3.8, 4) is 0 Å². The number of unbranched alkanes of at least 4 members (excludes halogenated alkanes) is 1. The predicted octanol–water partition coefficient (Wildman–Crippen LogP) is 1.80. The van der Waals surface area contributed by atoms with Crippen molar-refractivity contribution in [3.05, 3.63) is 0 Å². The van der Waals surface area contributed by atoms with E-state index in [1.807, 2.05) is 7.05 Å². The van der Waals surface area contributed by atoms with Crippen LogP contribution >= 0.6 is 24.0 Å². The van der Waals surface area contributed by atoms with Gasteiger partial charge in [-0.25, -0.2) is 0 Å². The van der Waals surface area contributed by atoms with Gasteiger partial charge in [0.2, 0.25) is 0 Å². The van der Waals surface area contributed by atoms with E-state index in [4.69, 9.17) is 4.74 Å². The highest BCUT2D eigenvalue weighted by Crippen LogP contribution is 2.24. The molecular weight excluding hydrogens is 419 g/mol. The van der Waals surface area contributed by atoms with Gasteiger partial charge in [0.05, 0.1) is 13.0 Å². The summed E-state index contributed by atoms with van der Waals surface area (Å²) < 4.78 is 4.90. The van der Waals surface area contributed by atoms with Crippen LogP contribution < -0.4 is 5.32 Å². The SMILES string of the molecule is CN=C(NCCCCN1CCCC1)N1CC(C)C(C(=O)OC)C1.I. The van der Waals surface area contributed by atoms with Gasteiger partial charge in [-0.3, -0.25) is 9.79 Å². The molecule has 1 N–H and O–H groups in total. The molecule has 0 saturated carbocycles. The number of esters is 1. The van der Waals surface area contributed by atoms with Crippen molar-refractivity contribution in [3.63, 3.8) is 0 Å². The molecule has 140 valence electrons. The molecule has 0 aliphatic carbocycles. The first-order chi connectivity index (χ1) is 11.2. The van der Waals surface area contributed by atoms with Gasteiger partial charge in [0, 0.05) is 26.7 Å². The summed E-state index contributed by atoms with van der Waals surface area (Å²) in [5.41, 5.74) is 0. The predicted molar refractivity (Wildman–Crippen MR) is 108 cm³/mol. The summed E-state index contributed by atoms with van der Waals surface area (Å²) >= 11 is 0. The van der Waals surface area contributed by atoms with Crippen LogP contribution in [-0.2, 0) is 9.53 Å². The number of rotatable bonds is 6. The number of nitrogens with one attached hydrogen (secondary N) is 1. The van der Waals surface area contributed by atoms with Crippen LogP contribution in [0.15, 0.2) is 4.99 Å². The van der Waals surface area contributed by atoms with Gasteiger partial charge in [0.15, 0.2) is 5.96 Å². The van der Waals surface area contributed by atoms with E-state index in [-0.39, 0.29) is 35.9 Å². The van der Waals surface area contributed by atoms with Crippen molar-refractivity contribution in [2.24, 2.45) is 16.8 Å². The zero-order valence-corrected chi connectivity index (χ0v) is 17.6. The number of halogens is 1. The van der Waals surface area contributed by atoms with Gasteiger partial charge in [-0.1, -0.05) is 6.92 Å². The minimum atomic E-state index is -0.110. The van der Waals surface area contributed by atoms with Crippen molar-refractivity contribution in [1.29, 1.82) is 0 Å². The normalized spacial score (nSPS) is 24.8. The van der Waals surface area contributed by atoms with Crippen LogP contribution in [0, 0.1) is 11.8 Å². The molecular formula is C17H33IN4O2. The third-order valence-corrected chi connectivity index (χ3v) is 5.01. The molecule has 0 aromatic rings. The van der Waals surface area contributed by atoms with Crippen LogP contribution in [0.2, 0.25) is 0 Å². The molecule has 2 unspecified atom stereocenters. The van der Waals surface area contributed by atoms with Gasteiger partial charge in [-0.15, -0.1) is 24.0 Å². The molecule has 7 heteroatoms. The summed E-state index contributed by atoms with van der Waals surface area (Å²) in [5, 5.41) is 3.44. The molecule has 2 fully saturated rings. The monoisotopic (exact) mass is 452 g/mol. The smallest absolute Gasteiger partial charge is 0.310 e. The van der Waals surface area contributed by atoms with Gasteiger partial charge >= 0.3 is 5.97 Å². The summed E-state index contributed by atoms with van der Waals surface area (Å²) in [6, 6.07) is 0. The molecule has 0 bridgehead atoms. The Morgan fingerprint density at radius 2 is 1.96 bits per heavy atom.